The maximum Gasteiger partial charge on any atom is 0.325 e. The van der Waals surface area contributed by atoms with Crippen molar-refractivity contribution in [3.05, 3.63) is 23.8 Å². The molecule has 1 atom stereocenters. The third-order valence-corrected chi connectivity index (χ3v) is 2.07. The molecule has 0 fully saturated rings. The van der Waals surface area contributed by atoms with Crippen LogP contribution in [-0.4, -0.2) is 24.2 Å². The highest BCUT2D eigenvalue weighted by Crippen LogP contribution is 2.30. The monoisotopic (exact) mass is 239 g/mol. The van der Waals surface area contributed by atoms with E-state index in [4.69, 9.17) is 20.3 Å². The van der Waals surface area contributed by atoms with Crippen molar-refractivity contribution in [2.45, 2.75) is 13.0 Å². The van der Waals surface area contributed by atoms with Gasteiger partial charge >= 0.3 is 11.9 Å². The lowest BCUT2D eigenvalue weighted by Crippen LogP contribution is -2.20. The minimum Gasteiger partial charge on any atom is -0.493 e. The number of hydrogen-bond donors (Lipinski definition) is 2. The Morgan fingerprint density at radius 3 is 2.47 bits per heavy atom. The van der Waals surface area contributed by atoms with E-state index in [-0.39, 0.29) is 5.75 Å². The Hall–Kier alpha value is -2.08. The molecule has 3 N–H and O–H groups in total. The third kappa shape index (κ3) is 3.18. The van der Waals surface area contributed by atoms with E-state index in [1.807, 2.05) is 0 Å². The molecule has 0 bridgehead atoms. The van der Waals surface area contributed by atoms with E-state index >= 15 is 0 Å². The van der Waals surface area contributed by atoms with E-state index in [9.17, 15) is 9.59 Å². The number of aliphatic carboxylic acids is 1. The summed E-state index contributed by atoms with van der Waals surface area (Å²) in [6.07, 6.45) is 0. The van der Waals surface area contributed by atoms with Gasteiger partial charge in [-0.25, -0.2) is 0 Å². The number of hydrogen-bond acceptors (Lipinski definition) is 5. The summed E-state index contributed by atoms with van der Waals surface area (Å²) in [6.45, 7) is 1.24. The average Bonchev–Trinajstić information content (AvgIpc) is 2.27. The first kappa shape index (κ1) is 13.0. The number of ether oxygens (including phenoxy) is 2. The Morgan fingerprint density at radius 1 is 1.35 bits per heavy atom. The van der Waals surface area contributed by atoms with Crippen molar-refractivity contribution < 1.29 is 24.2 Å². The molecule has 0 unspecified atom stereocenters. The van der Waals surface area contributed by atoms with Crippen LogP contribution >= 0.6 is 0 Å². The molecule has 1 aromatic carbocycles. The summed E-state index contributed by atoms with van der Waals surface area (Å²) in [5.41, 5.74) is 5.78. The Labute approximate surface area is 97.9 Å². The molecule has 1 aromatic rings. The van der Waals surface area contributed by atoms with Crippen LogP contribution in [0.5, 0.6) is 11.5 Å². The normalized spacial score (nSPS) is 11.7. The molecule has 0 amide bonds. The van der Waals surface area contributed by atoms with Gasteiger partial charge in [0.05, 0.1) is 7.11 Å². The number of carbonyl (C=O) groups excluding carboxylic acids is 1. The molecule has 6 nitrogen and oxygen atoms in total. The van der Waals surface area contributed by atoms with Gasteiger partial charge in [-0.2, -0.15) is 0 Å². The van der Waals surface area contributed by atoms with E-state index in [0.29, 0.717) is 11.3 Å². The molecule has 0 aliphatic carbocycles. The number of carbonyl (C=O) groups is 2. The van der Waals surface area contributed by atoms with Gasteiger partial charge in [0.15, 0.2) is 11.5 Å². The fraction of sp³-hybridized carbons (Fsp3) is 0.273. The van der Waals surface area contributed by atoms with Gasteiger partial charge < -0.3 is 20.3 Å². The molecule has 6 heteroatoms. The van der Waals surface area contributed by atoms with Gasteiger partial charge in [0.2, 0.25) is 0 Å². The van der Waals surface area contributed by atoms with E-state index in [0.717, 1.165) is 0 Å². The second kappa shape index (κ2) is 5.31. The van der Waals surface area contributed by atoms with E-state index in [1.54, 1.807) is 0 Å². The topological polar surface area (TPSA) is 98.8 Å². The summed E-state index contributed by atoms with van der Waals surface area (Å²) in [7, 11) is 1.42. The molecule has 0 aliphatic rings. The number of carboxylic acids is 1. The van der Waals surface area contributed by atoms with Crippen LogP contribution in [0.15, 0.2) is 18.2 Å². The number of carboxylic acid groups (broad SMARTS) is 1. The Kier molecular flexibility index (Phi) is 4.06. The summed E-state index contributed by atoms with van der Waals surface area (Å²) in [4.78, 5) is 21.6. The summed E-state index contributed by atoms with van der Waals surface area (Å²) in [6, 6.07) is 3.20. The fourth-order valence-corrected chi connectivity index (χ4v) is 1.26. The van der Waals surface area contributed by atoms with Crippen molar-refractivity contribution in [2.75, 3.05) is 7.11 Å². The second-order valence-corrected chi connectivity index (χ2v) is 3.32. The molecule has 0 spiro atoms. The Morgan fingerprint density at radius 2 is 2.00 bits per heavy atom. The summed E-state index contributed by atoms with van der Waals surface area (Å²) in [5.74, 6) is -1.20. The van der Waals surface area contributed by atoms with Crippen LogP contribution in [0.25, 0.3) is 0 Å². The zero-order valence-corrected chi connectivity index (χ0v) is 9.47. The van der Waals surface area contributed by atoms with Crippen molar-refractivity contribution in [2.24, 2.45) is 5.73 Å². The van der Waals surface area contributed by atoms with Gasteiger partial charge in [-0.1, -0.05) is 6.07 Å². The van der Waals surface area contributed by atoms with Gasteiger partial charge in [-0.15, -0.1) is 0 Å². The number of methoxy groups -OCH3 is 1. The average molecular weight is 239 g/mol. The van der Waals surface area contributed by atoms with Crippen LogP contribution in [0, 0.1) is 0 Å². The minimum atomic E-state index is -1.17. The first-order valence-corrected chi connectivity index (χ1v) is 4.80. The van der Waals surface area contributed by atoms with Crippen molar-refractivity contribution in [3.63, 3.8) is 0 Å². The largest absolute Gasteiger partial charge is 0.493 e. The van der Waals surface area contributed by atoms with Gasteiger partial charge in [0.1, 0.15) is 6.04 Å². The predicted octanol–water partition coefficient (Wildman–Crippen LogP) is 0.705. The van der Waals surface area contributed by atoms with Crippen LogP contribution < -0.4 is 15.2 Å². The lowest BCUT2D eigenvalue weighted by atomic mass is 10.1. The van der Waals surface area contributed by atoms with Crippen LogP contribution in [0.1, 0.15) is 18.5 Å². The molecule has 92 valence electrons. The lowest BCUT2D eigenvalue weighted by Gasteiger charge is -2.12. The number of rotatable bonds is 4. The highest BCUT2D eigenvalue weighted by molar-refractivity contribution is 5.76. The van der Waals surface area contributed by atoms with Crippen LogP contribution in [0.2, 0.25) is 0 Å². The van der Waals surface area contributed by atoms with Crippen molar-refractivity contribution >= 4 is 11.9 Å². The maximum absolute atomic E-state index is 10.9. The number of esters is 1. The summed E-state index contributed by atoms with van der Waals surface area (Å²) < 4.78 is 9.87. The maximum atomic E-state index is 10.9. The molecule has 0 aromatic heterocycles. The summed E-state index contributed by atoms with van der Waals surface area (Å²) in [5, 5.41) is 8.77. The Balaban J connectivity index is 3.12. The van der Waals surface area contributed by atoms with Gasteiger partial charge in [-0.3, -0.25) is 9.59 Å². The summed E-state index contributed by atoms with van der Waals surface area (Å²) >= 11 is 0. The molecule has 0 radical (unpaired) electrons. The Bertz CT molecular complexity index is 443. The van der Waals surface area contributed by atoms with Gasteiger partial charge in [0.25, 0.3) is 0 Å². The second-order valence-electron chi connectivity index (χ2n) is 3.32. The molecule has 0 aliphatic heterocycles. The minimum absolute atomic E-state index is 0.147. The highest BCUT2D eigenvalue weighted by atomic mass is 16.6. The standard InChI is InChI=1S/C11H13NO5/c1-6(13)17-9-5-7(10(12)11(14)15)3-4-8(9)16-2/h3-5,10H,12H2,1-2H3,(H,14,15)/t10-/m0/s1. The fourth-order valence-electron chi connectivity index (χ4n) is 1.26. The van der Waals surface area contributed by atoms with Crippen LogP contribution in [0.3, 0.4) is 0 Å². The zero-order valence-electron chi connectivity index (χ0n) is 9.47. The van der Waals surface area contributed by atoms with E-state index < -0.39 is 18.0 Å². The van der Waals surface area contributed by atoms with Gasteiger partial charge in [0, 0.05) is 6.92 Å². The molecule has 0 saturated carbocycles. The molecule has 17 heavy (non-hydrogen) atoms. The van der Waals surface area contributed by atoms with Crippen molar-refractivity contribution in [1.82, 2.24) is 0 Å². The molecule has 0 saturated heterocycles. The number of benzene rings is 1. The smallest absolute Gasteiger partial charge is 0.325 e. The molecule has 1 rings (SSSR count). The van der Waals surface area contributed by atoms with E-state index in [1.165, 1.54) is 32.2 Å². The molecular weight excluding hydrogens is 226 g/mol. The van der Waals surface area contributed by atoms with E-state index in [2.05, 4.69) is 0 Å². The van der Waals surface area contributed by atoms with Crippen molar-refractivity contribution in [1.29, 1.82) is 0 Å². The van der Waals surface area contributed by atoms with Crippen LogP contribution in [0.4, 0.5) is 0 Å². The lowest BCUT2D eigenvalue weighted by molar-refractivity contribution is -0.138. The SMILES string of the molecule is COc1ccc([C@H](N)C(=O)O)cc1OC(C)=O. The predicted molar refractivity (Wildman–Crippen MR) is 58.9 cm³/mol. The van der Waals surface area contributed by atoms with Crippen LogP contribution in [-0.2, 0) is 9.59 Å². The van der Waals surface area contributed by atoms with Crippen molar-refractivity contribution in [3.8, 4) is 11.5 Å². The molecular formula is C11H13NO5. The highest BCUT2D eigenvalue weighted by Gasteiger charge is 2.17. The first-order chi connectivity index (χ1) is 7.95. The van der Waals surface area contributed by atoms with Gasteiger partial charge in [-0.05, 0) is 17.7 Å². The quantitative estimate of drug-likeness (QED) is 0.593. The third-order valence-electron chi connectivity index (χ3n) is 2.07. The number of nitrogens with two attached hydrogens (primary N) is 1. The zero-order chi connectivity index (χ0) is 13.0. The first-order valence-electron chi connectivity index (χ1n) is 4.80. The molecule has 0 heterocycles.